The average Bonchev–Trinajstić information content (AvgIpc) is 3.36. The normalized spacial score (nSPS) is 22.8. The first kappa shape index (κ1) is 23.8. The fourth-order valence-electron chi connectivity index (χ4n) is 3.25. The van der Waals surface area contributed by atoms with E-state index in [0.29, 0.717) is 19.5 Å². The molecule has 2 fully saturated rings. The summed E-state index contributed by atoms with van der Waals surface area (Å²) in [5.74, 6) is -2.62. The highest BCUT2D eigenvalue weighted by molar-refractivity contribution is 5.83. The largest absolute Gasteiger partial charge is 0.490 e. The molecule has 0 spiro atoms. The van der Waals surface area contributed by atoms with Gasteiger partial charge in [-0.05, 0) is 25.3 Å². The molecule has 0 bridgehead atoms. The fourth-order valence-corrected chi connectivity index (χ4v) is 3.25. The van der Waals surface area contributed by atoms with Crippen LogP contribution in [0.25, 0.3) is 0 Å². The van der Waals surface area contributed by atoms with E-state index in [1.54, 1.807) is 4.90 Å². The molecule has 0 aliphatic carbocycles. The number of aliphatic carboxylic acids is 1. The van der Waals surface area contributed by atoms with Crippen LogP contribution in [0.15, 0.2) is 18.3 Å². The van der Waals surface area contributed by atoms with Gasteiger partial charge in [-0.3, -0.25) is 14.9 Å². The molecule has 0 unspecified atom stereocenters. The van der Waals surface area contributed by atoms with Crippen LogP contribution in [-0.4, -0.2) is 69.2 Å². The molecule has 3 N–H and O–H groups in total. The number of halogens is 3. The Morgan fingerprint density at radius 2 is 2.13 bits per heavy atom. The number of carboxylic acid groups (broad SMARTS) is 1. The molecule has 2 aliphatic rings. The summed E-state index contributed by atoms with van der Waals surface area (Å²) >= 11 is 0. The van der Waals surface area contributed by atoms with Crippen LogP contribution in [0.5, 0.6) is 0 Å². The van der Waals surface area contributed by atoms with Gasteiger partial charge < -0.3 is 20.6 Å². The minimum Gasteiger partial charge on any atom is -0.475 e. The van der Waals surface area contributed by atoms with E-state index in [-0.39, 0.29) is 35.5 Å². The van der Waals surface area contributed by atoms with Crippen LogP contribution in [0.4, 0.5) is 24.7 Å². The Hall–Kier alpha value is -3.47. The molecular weight excluding hydrogens is 425 g/mol. The van der Waals surface area contributed by atoms with Gasteiger partial charge >= 0.3 is 17.8 Å². The Morgan fingerprint density at radius 3 is 2.71 bits per heavy atom. The second-order valence-electron chi connectivity index (χ2n) is 6.79. The number of nitriles is 1. The average molecular weight is 444 g/mol. The number of hydrogen-bond donors (Lipinski definition) is 3. The quantitative estimate of drug-likeness (QED) is 0.459. The summed E-state index contributed by atoms with van der Waals surface area (Å²) in [7, 11) is 0. The lowest BCUT2D eigenvalue weighted by Crippen LogP contribution is -2.45. The Morgan fingerprint density at radius 1 is 1.45 bits per heavy atom. The lowest BCUT2D eigenvalue weighted by Gasteiger charge is -2.23. The van der Waals surface area contributed by atoms with E-state index < -0.39 is 17.1 Å². The molecule has 0 saturated carbocycles. The van der Waals surface area contributed by atoms with E-state index in [1.807, 2.05) is 0 Å². The minimum atomic E-state index is -5.08. The Bertz CT molecular complexity index is 875. The standard InChI is InChI=1S/C15H18N6O3.C2HF3O2/c16-8-11-3-2-6-20(11)15(22)12-7-10(9-18-12)19-14-13(21(23)24)4-1-5-17-14;3-2(4,5)1(6)7/h1,4-5,10-12,18H,2-3,6-7,9H2,(H,17,19);(H,6,7)/t10-,11-,12-;/m0./s1. The van der Waals surface area contributed by atoms with E-state index in [2.05, 4.69) is 21.7 Å². The van der Waals surface area contributed by atoms with Crippen LogP contribution in [0.2, 0.25) is 0 Å². The molecule has 3 heterocycles. The molecule has 11 nitrogen and oxygen atoms in total. The predicted molar refractivity (Wildman–Crippen MR) is 98.7 cm³/mol. The van der Waals surface area contributed by atoms with Gasteiger partial charge in [-0.2, -0.15) is 18.4 Å². The number of alkyl halides is 3. The molecule has 31 heavy (non-hydrogen) atoms. The Labute approximate surface area is 174 Å². The van der Waals surface area contributed by atoms with E-state index in [9.17, 15) is 28.1 Å². The van der Waals surface area contributed by atoms with Crippen molar-refractivity contribution in [2.45, 2.75) is 43.6 Å². The number of hydrogen-bond acceptors (Lipinski definition) is 8. The first-order valence-corrected chi connectivity index (χ1v) is 9.14. The maximum atomic E-state index is 12.6. The number of carbonyl (C=O) groups excluding carboxylic acids is 1. The number of pyridine rings is 1. The van der Waals surface area contributed by atoms with Gasteiger partial charge in [0.25, 0.3) is 0 Å². The summed E-state index contributed by atoms with van der Waals surface area (Å²) in [6, 6.07) is 4.22. The first-order chi connectivity index (χ1) is 14.5. The van der Waals surface area contributed by atoms with Crippen molar-refractivity contribution in [2.24, 2.45) is 0 Å². The highest BCUT2D eigenvalue weighted by Gasteiger charge is 2.38. The first-order valence-electron chi connectivity index (χ1n) is 9.14. The van der Waals surface area contributed by atoms with Crippen molar-refractivity contribution < 1.29 is 32.8 Å². The number of likely N-dealkylation sites (tertiary alicyclic amines) is 1. The third kappa shape index (κ3) is 6.25. The van der Waals surface area contributed by atoms with Gasteiger partial charge in [0.05, 0.1) is 17.0 Å². The number of amides is 1. The van der Waals surface area contributed by atoms with Crippen molar-refractivity contribution in [3.8, 4) is 6.07 Å². The summed E-state index contributed by atoms with van der Waals surface area (Å²) in [5, 5.41) is 33.4. The molecule has 1 aromatic rings. The monoisotopic (exact) mass is 444 g/mol. The Kier molecular flexibility index (Phi) is 7.70. The molecule has 168 valence electrons. The third-order valence-corrected chi connectivity index (χ3v) is 4.68. The van der Waals surface area contributed by atoms with Crippen LogP contribution in [0.1, 0.15) is 19.3 Å². The van der Waals surface area contributed by atoms with Crippen molar-refractivity contribution >= 4 is 23.4 Å². The van der Waals surface area contributed by atoms with Crippen molar-refractivity contribution in [3.05, 3.63) is 28.4 Å². The van der Waals surface area contributed by atoms with Crippen LogP contribution >= 0.6 is 0 Å². The zero-order valence-corrected chi connectivity index (χ0v) is 16.0. The molecule has 3 atom stereocenters. The van der Waals surface area contributed by atoms with Crippen LogP contribution < -0.4 is 10.6 Å². The van der Waals surface area contributed by atoms with E-state index in [4.69, 9.17) is 15.2 Å². The summed E-state index contributed by atoms with van der Waals surface area (Å²) in [5.41, 5.74) is -0.0867. The highest BCUT2D eigenvalue weighted by Crippen LogP contribution is 2.24. The second kappa shape index (κ2) is 10.0. The number of nitrogens with zero attached hydrogens (tertiary/aromatic N) is 4. The zero-order valence-electron chi connectivity index (χ0n) is 16.0. The molecule has 0 aromatic carbocycles. The van der Waals surface area contributed by atoms with E-state index in [0.717, 1.165) is 12.8 Å². The summed E-state index contributed by atoms with van der Waals surface area (Å²) in [4.78, 5) is 37.6. The number of nitro groups is 1. The van der Waals surface area contributed by atoms with Gasteiger partial charge in [-0.25, -0.2) is 9.78 Å². The fraction of sp³-hybridized carbons (Fsp3) is 0.529. The maximum absolute atomic E-state index is 12.6. The highest BCUT2D eigenvalue weighted by atomic mass is 19.4. The molecule has 1 aromatic heterocycles. The van der Waals surface area contributed by atoms with Crippen LogP contribution in [0, 0.1) is 21.4 Å². The lowest BCUT2D eigenvalue weighted by molar-refractivity contribution is -0.384. The van der Waals surface area contributed by atoms with Gasteiger partial charge in [-0.15, -0.1) is 0 Å². The molecule has 0 radical (unpaired) electrons. The number of carbonyl (C=O) groups is 2. The molecule has 2 saturated heterocycles. The Balaban J connectivity index is 0.000000423. The van der Waals surface area contributed by atoms with Crippen molar-refractivity contribution in [1.82, 2.24) is 15.2 Å². The van der Waals surface area contributed by atoms with Crippen molar-refractivity contribution in [3.63, 3.8) is 0 Å². The van der Waals surface area contributed by atoms with Gasteiger partial charge in [-0.1, -0.05) is 0 Å². The second-order valence-corrected chi connectivity index (χ2v) is 6.79. The minimum absolute atomic E-state index is 0.0705. The SMILES string of the molecule is N#C[C@@H]1CCCN1C(=O)[C@@H]1C[C@H](Nc2ncccc2[N+](=O)[O-])CN1.O=C(O)C(F)(F)F. The van der Waals surface area contributed by atoms with Crippen molar-refractivity contribution in [2.75, 3.05) is 18.4 Å². The number of nitrogens with one attached hydrogen (secondary N) is 2. The van der Waals surface area contributed by atoms with Crippen LogP contribution in [0.3, 0.4) is 0 Å². The topological polar surface area (TPSA) is 161 Å². The summed E-state index contributed by atoms with van der Waals surface area (Å²) in [6.07, 6.45) is -1.53. The molecule has 1 amide bonds. The number of anilines is 1. The van der Waals surface area contributed by atoms with Crippen molar-refractivity contribution in [1.29, 1.82) is 5.26 Å². The number of aromatic nitrogens is 1. The van der Waals surface area contributed by atoms with E-state index >= 15 is 0 Å². The lowest BCUT2D eigenvalue weighted by atomic mass is 10.1. The number of carboxylic acids is 1. The summed E-state index contributed by atoms with van der Waals surface area (Å²) < 4.78 is 31.7. The molecule has 14 heteroatoms. The number of rotatable bonds is 4. The van der Waals surface area contributed by atoms with Gasteiger partial charge in [0.1, 0.15) is 6.04 Å². The third-order valence-electron chi connectivity index (χ3n) is 4.68. The molecule has 3 rings (SSSR count). The molecule has 2 aliphatic heterocycles. The van der Waals surface area contributed by atoms with Gasteiger partial charge in [0.15, 0.2) is 0 Å². The summed E-state index contributed by atoms with van der Waals surface area (Å²) in [6.45, 7) is 1.12. The zero-order chi connectivity index (χ0) is 23.2. The van der Waals surface area contributed by atoms with Crippen LogP contribution in [-0.2, 0) is 9.59 Å². The van der Waals surface area contributed by atoms with E-state index in [1.165, 1.54) is 18.3 Å². The molecular formula is C17H19F3N6O5. The van der Waals surface area contributed by atoms with Gasteiger partial charge in [0.2, 0.25) is 11.7 Å². The smallest absolute Gasteiger partial charge is 0.475 e. The van der Waals surface area contributed by atoms with Gasteiger partial charge in [0, 0.05) is 31.4 Å². The maximum Gasteiger partial charge on any atom is 0.490 e. The predicted octanol–water partition coefficient (Wildman–Crippen LogP) is 1.28.